The SMILES string of the molecule is CC.CC.CC(=O)OCCSc1ccccc1[N+](=O)[O-]. The molecule has 1 rings (SSSR count). The van der Waals surface area contributed by atoms with E-state index in [0.717, 1.165) is 0 Å². The van der Waals surface area contributed by atoms with E-state index in [1.54, 1.807) is 18.2 Å². The van der Waals surface area contributed by atoms with E-state index in [4.69, 9.17) is 4.74 Å². The summed E-state index contributed by atoms with van der Waals surface area (Å²) in [4.78, 5) is 21.3. The lowest BCUT2D eigenvalue weighted by atomic mass is 10.3. The predicted octanol–water partition coefficient (Wildman–Crippen LogP) is 4.30. The van der Waals surface area contributed by atoms with Gasteiger partial charge in [-0.1, -0.05) is 39.8 Å². The van der Waals surface area contributed by atoms with Gasteiger partial charge in [-0.05, 0) is 6.07 Å². The molecular formula is C14H23NO4S. The Morgan fingerprint density at radius 3 is 2.30 bits per heavy atom. The molecule has 114 valence electrons. The largest absolute Gasteiger partial charge is 0.465 e. The van der Waals surface area contributed by atoms with E-state index in [1.165, 1.54) is 24.8 Å². The maximum Gasteiger partial charge on any atom is 0.302 e. The van der Waals surface area contributed by atoms with Gasteiger partial charge in [-0.15, -0.1) is 11.8 Å². The van der Waals surface area contributed by atoms with Crippen molar-refractivity contribution >= 4 is 23.4 Å². The second kappa shape index (κ2) is 13.9. The number of carbonyl (C=O) groups is 1. The lowest BCUT2D eigenvalue weighted by molar-refractivity contribution is -0.387. The number of hydrogen-bond acceptors (Lipinski definition) is 5. The van der Waals surface area contributed by atoms with Crippen molar-refractivity contribution in [3.8, 4) is 0 Å². The number of nitrogens with zero attached hydrogens (tertiary/aromatic N) is 1. The molecule has 5 nitrogen and oxygen atoms in total. The van der Waals surface area contributed by atoms with Gasteiger partial charge < -0.3 is 4.74 Å². The van der Waals surface area contributed by atoms with E-state index in [0.29, 0.717) is 10.6 Å². The van der Waals surface area contributed by atoms with Crippen molar-refractivity contribution in [3.63, 3.8) is 0 Å². The average molecular weight is 301 g/mol. The molecule has 0 radical (unpaired) electrons. The third-order valence-corrected chi connectivity index (χ3v) is 2.74. The van der Waals surface area contributed by atoms with Crippen LogP contribution in [0.25, 0.3) is 0 Å². The van der Waals surface area contributed by atoms with Crippen molar-refractivity contribution in [2.75, 3.05) is 12.4 Å². The maximum absolute atomic E-state index is 10.7. The third kappa shape index (κ3) is 9.38. The van der Waals surface area contributed by atoms with Crippen LogP contribution in [0.1, 0.15) is 34.6 Å². The number of thioether (sulfide) groups is 1. The van der Waals surface area contributed by atoms with E-state index < -0.39 is 4.92 Å². The molecule has 6 heteroatoms. The summed E-state index contributed by atoms with van der Waals surface area (Å²) in [6.45, 7) is 9.59. The first kappa shape index (κ1) is 20.8. The summed E-state index contributed by atoms with van der Waals surface area (Å²) in [6.07, 6.45) is 0. The first-order valence-electron chi connectivity index (χ1n) is 6.61. The number of ether oxygens (including phenoxy) is 1. The highest BCUT2D eigenvalue weighted by Gasteiger charge is 2.12. The molecule has 0 amide bonds. The minimum absolute atomic E-state index is 0.0790. The Labute approximate surface area is 124 Å². The van der Waals surface area contributed by atoms with Crippen LogP contribution in [-0.2, 0) is 9.53 Å². The number of para-hydroxylation sites is 1. The van der Waals surface area contributed by atoms with Gasteiger partial charge in [-0.25, -0.2) is 0 Å². The van der Waals surface area contributed by atoms with Crippen LogP contribution < -0.4 is 0 Å². The maximum atomic E-state index is 10.7. The molecule has 0 aliphatic rings. The Morgan fingerprint density at radius 1 is 1.25 bits per heavy atom. The van der Waals surface area contributed by atoms with Gasteiger partial charge in [0.05, 0.1) is 9.82 Å². The molecule has 0 heterocycles. The van der Waals surface area contributed by atoms with E-state index in [-0.39, 0.29) is 18.3 Å². The van der Waals surface area contributed by atoms with Crippen molar-refractivity contribution in [1.82, 2.24) is 0 Å². The highest BCUT2D eigenvalue weighted by atomic mass is 32.2. The van der Waals surface area contributed by atoms with Crippen molar-refractivity contribution in [2.45, 2.75) is 39.5 Å². The summed E-state index contributed by atoms with van der Waals surface area (Å²) < 4.78 is 4.73. The Morgan fingerprint density at radius 2 is 1.80 bits per heavy atom. The van der Waals surface area contributed by atoms with Crippen molar-refractivity contribution in [1.29, 1.82) is 0 Å². The summed E-state index contributed by atoms with van der Waals surface area (Å²) in [5.74, 6) is 0.160. The fraction of sp³-hybridized carbons (Fsp3) is 0.500. The standard InChI is InChI=1S/C10H11NO4S.2C2H6/c1-8(12)15-6-7-16-10-5-3-2-4-9(10)11(13)14;2*1-2/h2-5H,6-7H2,1H3;2*1-2H3. The molecule has 1 aromatic carbocycles. The number of nitro benzene ring substituents is 1. The molecule has 0 unspecified atom stereocenters. The number of hydrogen-bond donors (Lipinski definition) is 0. The van der Waals surface area contributed by atoms with E-state index >= 15 is 0 Å². The molecular weight excluding hydrogens is 278 g/mol. The van der Waals surface area contributed by atoms with Crippen LogP contribution in [0.5, 0.6) is 0 Å². The molecule has 0 saturated carbocycles. The quantitative estimate of drug-likeness (QED) is 0.266. The highest BCUT2D eigenvalue weighted by Crippen LogP contribution is 2.28. The molecule has 0 atom stereocenters. The van der Waals surface area contributed by atoms with Crippen LogP contribution in [0.3, 0.4) is 0 Å². The normalized spacial score (nSPS) is 8.45. The lowest BCUT2D eigenvalue weighted by Crippen LogP contribution is -2.02. The molecule has 20 heavy (non-hydrogen) atoms. The van der Waals surface area contributed by atoms with Gasteiger partial charge in [0.15, 0.2) is 0 Å². The zero-order chi connectivity index (χ0) is 16.0. The van der Waals surface area contributed by atoms with Gasteiger partial charge in [0, 0.05) is 18.7 Å². The molecule has 0 bridgehead atoms. The van der Waals surface area contributed by atoms with Gasteiger partial charge in [0.1, 0.15) is 6.61 Å². The van der Waals surface area contributed by atoms with Crippen LogP contribution in [0.15, 0.2) is 29.2 Å². The minimum atomic E-state index is -0.422. The van der Waals surface area contributed by atoms with Crippen LogP contribution in [0.2, 0.25) is 0 Å². The number of rotatable bonds is 5. The van der Waals surface area contributed by atoms with E-state index in [2.05, 4.69) is 0 Å². The minimum Gasteiger partial charge on any atom is -0.465 e. The molecule has 1 aromatic rings. The van der Waals surface area contributed by atoms with Crippen LogP contribution in [0, 0.1) is 10.1 Å². The fourth-order valence-electron chi connectivity index (χ4n) is 1.07. The second-order valence-electron chi connectivity index (χ2n) is 2.91. The summed E-state index contributed by atoms with van der Waals surface area (Å²) in [6, 6.07) is 6.49. The van der Waals surface area contributed by atoms with E-state index in [9.17, 15) is 14.9 Å². The topological polar surface area (TPSA) is 69.4 Å². The Hall–Kier alpha value is -1.56. The molecule has 0 aliphatic heterocycles. The van der Waals surface area contributed by atoms with E-state index in [1.807, 2.05) is 27.7 Å². The van der Waals surface area contributed by atoms with Crippen LogP contribution in [0.4, 0.5) is 5.69 Å². The molecule has 0 saturated heterocycles. The second-order valence-corrected chi connectivity index (χ2v) is 4.05. The summed E-state index contributed by atoms with van der Waals surface area (Å²) in [7, 11) is 0. The lowest BCUT2D eigenvalue weighted by Gasteiger charge is -2.02. The van der Waals surface area contributed by atoms with Crippen LogP contribution >= 0.6 is 11.8 Å². The van der Waals surface area contributed by atoms with Gasteiger partial charge in [-0.2, -0.15) is 0 Å². The van der Waals surface area contributed by atoms with Gasteiger partial charge in [0.25, 0.3) is 5.69 Å². The monoisotopic (exact) mass is 301 g/mol. The Balaban J connectivity index is 0. The van der Waals surface area contributed by atoms with Gasteiger partial charge >= 0.3 is 5.97 Å². The first-order chi connectivity index (χ1) is 9.61. The van der Waals surface area contributed by atoms with Crippen molar-refractivity contribution < 1.29 is 14.5 Å². The van der Waals surface area contributed by atoms with Crippen LogP contribution in [-0.4, -0.2) is 23.3 Å². The summed E-state index contributed by atoms with van der Waals surface area (Å²) in [5.41, 5.74) is 0.0790. The molecule has 0 fully saturated rings. The Kier molecular flexibility index (Phi) is 14.4. The van der Waals surface area contributed by atoms with Gasteiger partial charge in [0.2, 0.25) is 0 Å². The highest BCUT2D eigenvalue weighted by molar-refractivity contribution is 7.99. The number of carbonyl (C=O) groups excluding carboxylic acids is 1. The Bertz CT molecular complexity index is 397. The molecule has 0 N–H and O–H groups in total. The van der Waals surface area contributed by atoms with Gasteiger partial charge in [-0.3, -0.25) is 14.9 Å². The van der Waals surface area contributed by atoms with Crippen molar-refractivity contribution in [3.05, 3.63) is 34.4 Å². The molecule has 0 aromatic heterocycles. The number of esters is 1. The summed E-state index contributed by atoms with van der Waals surface area (Å²) >= 11 is 1.30. The fourth-order valence-corrected chi connectivity index (χ4v) is 1.92. The third-order valence-electron chi connectivity index (χ3n) is 1.71. The first-order valence-corrected chi connectivity index (χ1v) is 7.59. The predicted molar refractivity (Wildman–Crippen MR) is 83.1 cm³/mol. The molecule has 0 spiro atoms. The van der Waals surface area contributed by atoms with Crippen molar-refractivity contribution in [2.24, 2.45) is 0 Å². The zero-order valence-electron chi connectivity index (χ0n) is 12.7. The number of nitro groups is 1. The smallest absolute Gasteiger partial charge is 0.302 e. The molecule has 0 aliphatic carbocycles. The summed E-state index contributed by atoms with van der Waals surface area (Å²) in [5, 5.41) is 10.7. The number of benzene rings is 1. The average Bonchev–Trinajstić information content (AvgIpc) is 2.48. The zero-order valence-corrected chi connectivity index (χ0v) is 13.5.